The van der Waals surface area contributed by atoms with Crippen LogP contribution in [-0.4, -0.2) is 26.4 Å². The summed E-state index contributed by atoms with van der Waals surface area (Å²) in [6.45, 7) is 0.890. The van der Waals surface area contributed by atoms with Crippen molar-refractivity contribution in [2.75, 3.05) is 13.1 Å². The average Bonchev–Trinajstić information content (AvgIpc) is 2.42. The molecule has 0 saturated heterocycles. The van der Waals surface area contributed by atoms with Crippen molar-refractivity contribution in [2.45, 2.75) is 30.6 Å². The van der Waals surface area contributed by atoms with Crippen LogP contribution in [0, 0.1) is 10.1 Å². The molecule has 0 heterocycles. The van der Waals surface area contributed by atoms with Gasteiger partial charge in [-0.1, -0.05) is 25.0 Å². The van der Waals surface area contributed by atoms with E-state index >= 15 is 0 Å². The zero-order valence-corrected chi connectivity index (χ0v) is 11.9. The normalized spacial score (nSPS) is 11.4. The minimum Gasteiger partial charge on any atom is -0.330 e. The van der Waals surface area contributed by atoms with Gasteiger partial charge in [0.15, 0.2) is 4.90 Å². The van der Waals surface area contributed by atoms with Crippen molar-refractivity contribution in [1.29, 1.82) is 0 Å². The first-order chi connectivity index (χ1) is 9.49. The fourth-order valence-corrected chi connectivity index (χ4v) is 2.99. The van der Waals surface area contributed by atoms with Gasteiger partial charge in [0.25, 0.3) is 5.69 Å². The first-order valence-corrected chi connectivity index (χ1v) is 7.90. The molecule has 0 unspecified atom stereocenters. The van der Waals surface area contributed by atoms with Gasteiger partial charge in [0.05, 0.1) is 4.92 Å². The lowest BCUT2D eigenvalue weighted by molar-refractivity contribution is -0.387. The molecule has 0 aromatic heterocycles. The second kappa shape index (κ2) is 7.93. The number of nitro groups is 1. The number of hydrogen-bond donors (Lipinski definition) is 2. The molecule has 7 nitrogen and oxygen atoms in total. The minimum atomic E-state index is -3.85. The van der Waals surface area contributed by atoms with Gasteiger partial charge in [0.2, 0.25) is 10.0 Å². The highest BCUT2D eigenvalue weighted by atomic mass is 32.2. The lowest BCUT2D eigenvalue weighted by Crippen LogP contribution is -2.25. The van der Waals surface area contributed by atoms with E-state index < -0.39 is 20.6 Å². The third-order valence-electron chi connectivity index (χ3n) is 2.77. The molecule has 0 spiro atoms. The van der Waals surface area contributed by atoms with E-state index in [4.69, 9.17) is 5.73 Å². The number of sulfonamides is 1. The van der Waals surface area contributed by atoms with E-state index in [1.807, 2.05) is 0 Å². The van der Waals surface area contributed by atoms with Crippen LogP contribution in [0.5, 0.6) is 0 Å². The van der Waals surface area contributed by atoms with Gasteiger partial charge >= 0.3 is 0 Å². The lowest BCUT2D eigenvalue weighted by Gasteiger charge is -2.07. The maximum absolute atomic E-state index is 12.0. The van der Waals surface area contributed by atoms with Gasteiger partial charge in [-0.05, 0) is 25.5 Å². The standard InChI is InChI=1S/C12H19N3O4S/c13-9-5-1-2-6-10-14-20(18,19)12-8-4-3-7-11(12)15(16)17/h3-4,7-8,14H,1-2,5-6,9-10,13H2. The van der Waals surface area contributed by atoms with Crippen LogP contribution in [0.2, 0.25) is 0 Å². The second-order valence-electron chi connectivity index (χ2n) is 4.33. The molecule has 0 aliphatic heterocycles. The third-order valence-corrected chi connectivity index (χ3v) is 4.28. The Morgan fingerprint density at radius 3 is 2.45 bits per heavy atom. The van der Waals surface area contributed by atoms with E-state index in [1.54, 1.807) is 0 Å². The van der Waals surface area contributed by atoms with Crippen LogP contribution in [0.1, 0.15) is 25.7 Å². The van der Waals surface area contributed by atoms with Gasteiger partial charge in [-0.15, -0.1) is 0 Å². The molecular formula is C12H19N3O4S. The molecule has 1 aromatic carbocycles. The van der Waals surface area contributed by atoms with E-state index in [0.717, 1.165) is 19.3 Å². The summed E-state index contributed by atoms with van der Waals surface area (Å²) in [6.07, 6.45) is 3.41. The summed E-state index contributed by atoms with van der Waals surface area (Å²) in [5.41, 5.74) is 4.94. The zero-order valence-electron chi connectivity index (χ0n) is 11.1. The molecule has 112 valence electrons. The number of rotatable bonds is 9. The molecule has 1 aromatic rings. The number of nitrogens with zero attached hydrogens (tertiary/aromatic N) is 1. The molecule has 0 bridgehead atoms. The molecule has 20 heavy (non-hydrogen) atoms. The minimum absolute atomic E-state index is 0.263. The van der Waals surface area contributed by atoms with E-state index in [2.05, 4.69) is 4.72 Å². The number of unbranched alkanes of at least 4 members (excludes halogenated alkanes) is 3. The van der Waals surface area contributed by atoms with Gasteiger partial charge in [0, 0.05) is 12.6 Å². The monoisotopic (exact) mass is 301 g/mol. The maximum Gasteiger partial charge on any atom is 0.289 e. The summed E-state index contributed by atoms with van der Waals surface area (Å²) in [4.78, 5) is 9.82. The summed E-state index contributed by atoms with van der Waals surface area (Å²) in [7, 11) is -3.85. The first-order valence-electron chi connectivity index (χ1n) is 6.42. The van der Waals surface area contributed by atoms with Crippen LogP contribution in [-0.2, 0) is 10.0 Å². The number of benzene rings is 1. The van der Waals surface area contributed by atoms with Crippen LogP contribution in [0.4, 0.5) is 5.69 Å². The molecule has 0 amide bonds. The van der Waals surface area contributed by atoms with E-state index in [1.165, 1.54) is 24.3 Å². The van der Waals surface area contributed by atoms with Crippen LogP contribution < -0.4 is 10.5 Å². The molecule has 1 rings (SSSR count). The van der Waals surface area contributed by atoms with Crippen molar-refractivity contribution >= 4 is 15.7 Å². The summed E-state index contributed by atoms with van der Waals surface area (Å²) in [5.74, 6) is 0. The van der Waals surface area contributed by atoms with Gasteiger partial charge in [-0.3, -0.25) is 10.1 Å². The molecular weight excluding hydrogens is 282 g/mol. The van der Waals surface area contributed by atoms with Crippen molar-refractivity contribution in [2.24, 2.45) is 5.73 Å². The second-order valence-corrected chi connectivity index (χ2v) is 6.06. The highest BCUT2D eigenvalue weighted by molar-refractivity contribution is 7.89. The van der Waals surface area contributed by atoms with E-state index in [-0.39, 0.29) is 11.4 Å². The molecule has 0 saturated carbocycles. The molecule has 3 N–H and O–H groups in total. The Hall–Kier alpha value is -1.51. The fourth-order valence-electron chi connectivity index (χ4n) is 1.74. The zero-order chi connectivity index (χ0) is 15.0. The Morgan fingerprint density at radius 1 is 1.15 bits per heavy atom. The molecule has 0 aliphatic carbocycles. The number of nitro benzene ring substituents is 1. The molecule has 0 fully saturated rings. The Kier molecular flexibility index (Phi) is 6.56. The molecule has 0 atom stereocenters. The average molecular weight is 301 g/mol. The predicted octanol–water partition coefficient (Wildman–Crippen LogP) is 1.39. The van der Waals surface area contributed by atoms with Gasteiger partial charge < -0.3 is 5.73 Å². The highest BCUT2D eigenvalue weighted by Gasteiger charge is 2.24. The van der Waals surface area contributed by atoms with Crippen LogP contribution in [0.3, 0.4) is 0 Å². The summed E-state index contributed by atoms with van der Waals surface area (Å²) in [5, 5.41) is 10.8. The Balaban J connectivity index is 2.63. The van der Waals surface area contributed by atoms with Crippen molar-refractivity contribution in [3.63, 3.8) is 0 Å². The molecule has 0 aliphatic rings. The number of nitrogens with one attached hydrogen (secondary N) is 1. The number of hydrogen-bond acceptors (Lipinski definition) is 5. The largest absolute Gasteiger partial charge is 0.330 e. The molecule has 0 radical (unpaired) electrons. The number of nitrogens with two attached hydrogens (primary N) is 1. The SMILES string of the molecule is NCCCCCCNS(=O)(=O)c1ccccc1[N+](=O)[O-]. The number of para-hydroxylation sites is 1. The van der Waals surface area contributed by atoms with Gasteiger partial charge in [-0.2, -0.15) is 0 Å². The molecule has 8 heteroatoms. The van der Waals surface area contributed by atoms with Crippen molar-refractivity contribution in [3.05, 3.63) is 34.4 Å². The van der Waals surface area contributed by atoms with Crippen LogP contribution >= 0.6 is 0 Å². The smallest absolute Gasteiger partial charge is 0.289 e. The first kappa shape index (κ1) is 16.5. The van der Waals surface area contributed by atoms with Crippen molar-refractivity contribution < 1.29 is 13.3 Å². The van der Waals surface area contributed by atoms with E-state index in [0.29, 0.717) is 13.0 Å². The van der Waals surface area contributed by atoms with Crippen molar-refractivity contribution in [1.82, 2.24) is 4.72 Å². The van der Waals surface area contributed by atoms with Crippen LogP contribution in [0.15, 0.2) is 29.2 Å². The fraction of sp³-hybridized carbons (Fsp3) is 0.500. The summed E-state index contributed by atoms with van der Waals surface area (Å²) in [6, 6.07) is 5.30. The topological polar surface area (TPSA) is 115 Å². The highest BCUT2D eigenvalue weighted by Crippen LogP contribution is 2.22. The van der Waals surface area contributed by atoms with E-state index in [9.17, 15) is 18.5 Å². The Labute approximate surface area is 118 Å². The van der Waals surface area contributed by atoms with Gasteiger partial charge in [0.1, 0.15) is 0 Å². The summed E-state index contributed by atoms with van der Waals surface area (Å²) < 4.78 is 26.4. The Morgan fingerprint density at radius 2 is 1.80 bits per heavy atom. The maximum atomic E-state index is 12.0. The lowest BCUT2D eigenvalue weighted by atomic mass is 10.2. The predicted molar refractivity (Wildman–Crippen MR) is 75.8 cm³/mol. The third kappa shape index (κ3) is 4.87. The van der Waals surface area contributed by atoms with Crippen LogP contribution in [0.25, 0.3) is 0 Å². The Bertz CT molecular complexity index is 545. The van der Waals surface area contributed by atoms with Crippen molar-refractivity contribution in [3.8, 4) is 0 Å². The quantitative estimate of drug-likeness (QED) is 0.406. The van der Waals surface area contributed by atoms with Gasteiger partial charge in [-0.25, -0.2) is 13.1 Å². The summed E-state index contributed by atoms with van der Waals surface area (Å²) >= 11 is 0.